The number of carbonyl (C=O) groups excluding carboxylic acids is 2. The van der Waals surface area contributed by atoms with E-state index in [-0.39, 0.29) is 24.3 Å². The Morgan fingerprint density at radius 3 is 2.12 bits per heavy atom. The quantitative estimate of drug-likeness (QED) is 0.394. The largest absolute Gasteiger partial charge is 0.352 e. The standard InChI is InChI=1S/C28H30Cl2N2O2/c1-19(2)31-28(34)26(16-21-10-5-4-6-11-21)32(18-22-12-7-9-20(3)15-22)27(33)17-23-24(29)13-8-14-25(23)30/h4-15,19,26H,16-18H2,1-3H3,(H,31,34)/t26-/m0/s1. The molecule has 2 amide bonds. The number of hydrogen-bond donors (Lipinski definition) is 1. The van der Waals surface area contributed by atoms with Gasteiger partial charge >= 0.3 is 0 Å². The van der Waals surface area contributed by atoms with Gasteiger partial charge in [0.1, 0.15) is 6.04 Å². The van der Waals surface area contributed by atoms with Crippen LogP contribution in [0.1, 0.15) is 36.1 Å². The van der Waals surface area contributed by atoms with Crippen molar-refractivity contribution in [3.8, 4) is 0 Å². The van der Waals surface area contributed by atoms with Crippen LogP contribution in [0.25, 0.3) is 0 Å². The summed E-state index contributed by atoms with van der Waals surface area (Å²) >= 11 is 12.7. The second-order valence-electron chi connectivity index (χ2n) is 8.76. The fourth-order valence-corrected chi connectivity index (χ4v) is 4.43. The van der Waals surface area contributed by atoms with E-state index < -0.39 is 6.04 Å². The number of hydrogen-bond acceptors (Lipinski definition) is 2. The fraction of sp³-hybridized carbons (Fsp3) is 0.286. The highest BCUT2D eigenvalue weighted by Crippen LogP contribution is 2.26. The first-order valence-corrected chi connectivity index (χ1v) is 12.1. The third-order valence-electron chi connectivity index (χ3n) is 5.53. The summed E-state index contributed by atoms with van der Waals surface area (Å²) in [6.07, 6.45) is 0.401. The molecule has 0 saturated carbocycles. The Labute approximate surface area is 211 Å². The molecule has 0 unspecified atom stereocenters. The normalized spacial score (nSPS) is 11.8. The minimum atomic E-state index is -0.695. The third-order valence-corrected chi connectivity index (χ3v) is 6.24. The van der Waals surface area contributed by atoms with Gasteiger partial charge in [0.05, 0.1) is 6.42 Å². The molecule has 1 atom stereocenters. The van der Waals surface area contributed by atoms with Crippen LogP contribution in [0.3, 0.4) is 0 Å². The van der Waals surface area contributed by atoms with Crippen molar-refractivity contribution in [1.82, 2.24) is 10.2 Å². The number of benzene rings is 3. The van der Waals surface area contributed by atoms with E-state index in [4.69, 9.17) is 23.2 Å². The first-order valence-electron chi connectivity index (χ1n) is 11.4. The predicted molar refractivity (Wildman–Crippen MR) is 139 cm³/mol. The van der Waals surface area contributed by atoms with Crippen molar-refractivity contribution >= 4 is 35.0 Å². The second kappa shape index (κ2) is 12.0. The van der Waals surface area contributed by atoms with E-state index in [1.807, 2.05) is 75.4 Å². The topological polar surface area (TPSA) is 49.4 Å². The minimum absolute atomic E-state index is 0.00453. The fourth-order valence-electron chi connectivity index (χ4n) is 3.90. The van der Waals surface area contributed by atoms with E-state index in [0.29, 0.717) is 28.6 Å². The summed E-state index contributed by atoms with van der Waals surface area (Å²) in [7, 11) is 0. The summed E-state index contributed by atoms with van der Waals surface area (Å²) in [6, 6.07) is 22.1. The lowest BCUT2D eigenvalue weighted by molar-refractivity contribution is -0.141. The van der Waals surface area contributed by atoms with E-state index >= 15 is 0 Å². The first-order chi connectivity index (χ1) is 16.2. The Kier molecular flexibility index (Phi) is 9.14. The molecular weight excluding hydrogens is 467 g/mol. The average molecular weight is 497 g/mol. The lowest BCUT2D eigenvalue weighted by atomic mass is 10.0. The molecule has 0 saturated heterocycles. The number of carbonyl (C=O) groups is 2. The zero-order chi connectivity index (χ0) is 24.7. The van der Waals surface area contributed by atoms with Gasteiger partial charge < -0.3 is 10.2 Å². The summed E-state index contributed by atoms with van der Waals surface area (Å²) in [4.78, 5) is 28.8. The van der Waals surface area contributed by atoms with Crippen LogP contribution in [0.4, 0.5) is 0 Å². The number of amides is 2. The molecule has 0 bridgehead atoms. The number of rotatable bonds is 9. The van der Waals surface area contributed by atoms with Crippen LogP contribution in [-0.2, 0) is 29.0 Å². The molecule has 0 aliphatic heterocycles. The van der Waals surface area contributed by atoms with Gasteiger partial charge in [0.2, 0.25) is 11.8 Å². The summed E-state index contributed by atoms with van der Waals surface area (Å²) in [5.74, 6) is -0.401. The maximum absolute atomic E-state index is 13.8. The van der Waals surface area contributed by atoms with Crippen molar-refractivity contribution in [3.63, 3.8) is 0 Å². The van der Waals surface area contributed by atoms with E-state index in [1.165, 1.54) is 0 Å². The predicted octanol–water partition coefficient (Wildman–Crippen LogP) is 6.01. The molecule has 0 fully saturated rings. The Bertz CT molecular complexity index is 1110. The summed E-state index contributed by atoms with van der Waals surface area (Å²) in [5, 5.41) is 3.86. The maximum atomic E-state index is 13.8. The molecule has 0 aliphatic carbocycles. The Morgan fingerprint density at radius 1 is 0.882 bits per heavy atom. The highest BCUT2D eigenvalue weighted by atomic mass is 35.5. The van der Waals surface area contributed by atoms with Crippen LogP contribution >= 0.6 is 23.2 Å². The van der Waals surface area contributed by atoms with Gasteiger partial charge in [-0.1, -0.05) is 89.4 Å². The summed E-state index contributed by atoms with van der Waals surface area (Å²) < 4.78 is 0. The van der Waals surface area contributed by atoms with Crippen molar-refractivity contribution in [2.75, 3.05) is 0 Å². The highest BCUT2D eigenvalue weighted by molar-refractivity contribution is 6.36. The molecule has 178 valence electrons. The first kappa shape index (κ1) is 25.8. The molecule has 6 heteroatoms. The molecule has 0 heterocycles. The molecule has 3 aromatic carbocycles. The molecular formula is C28H30Cl2N2O2. The molecule has 34 heavy (non-hydrogen) atoms. The number of halogens is 2. The van der Waals surface area contributed by atoms with Gasteiger partial charge in [-0.15, -0.1) is 0 Å². The average Bonchev–Trinajstić information content (AvgIpc) is 2.79. The van der Waals surface area contributed by atoms with Crippen LogP contribution < -0.4 is 5.32 Å². The van der Waals surface area contributed by atoms with Gasteiger partial charge in [-0.25, -0.2) is 0 Å². The zero-order valence-electron chi connectivity index (χ0n) is 19.7. The van der Waals surface area contributed by atoms with Crippen molar-refractivity contribution < 1.29 is 9.59 Å². The van der Waals surface area contributed by atoms with Crippen molar-refractivity contribution in [1.29, 1.82) is 0 Å². The van der Waals surface area contributed by atoms with E-state index in [0.717, 1.165) is 16.7 Å². The van der Waals surface area contributed by atoms with E-state index in [1.54, 1.807) is 23.1 Å². The minimum Gasteiger partial charge on any atom is -0.352 e. The van der Waals surface area contributed by atoms with E-state index in [9.17, 15) is 9.59 Å². The molecule has 0 aliphatic rings. The van der Waals surface area contributed by atoms with Crippen LogP contribution in [0.2, 0.25) is 10.0 Å². The summed E-state index contributed by atoms with van der Waals surface area (Å²) in [6.45, 7) is 6.12. The molecule has 0 radical (unpaired) electrons. The van der Waals surface area contributed by atoms with Gasteiger partial charge in [-0.2, -0.15) is 0 Å². The smallest absolute Gasteiger partial charge is 0.243 e. The summed E-state index contributed by atoms with van der Waals surface area (Å²) in [5.41, 5.74) is 3.58. The highest BCUT2D eigenvalue weighted by Gasteiger charge is 2.31. The van der Waals surface area contributed by atoms with Gasteiger partial charge in [-0.3, -0.25) is 9.59 Å². The lowest BCUT2D eigenvalue weighted by Crippen LogP contribution is -2.52. The number of nitrogens with zero attached hydrogens (tertiary/aromatic N) is 1. The molecule has 3 rings (SSSR count). The van der Waals surface area contributed by atoms with Crippen molar-refractivity contribution in [2.24, 2.45) is 0 Å². The van der Waals surface area contributed by atoms with Crippen molar-refractivity contribution in [2.45, 2.75) is 52.2 Å². The molecule has 1 N–H and O–H groups in total. The van der Waals surface area contributed by atoms with Crippen LogP contribution in [0.5, 0.6) is 0 Å². The molecule has 4 nitrogen and oxygen atoms in total. The Balaban J connectivity index is 2.01. The Morgan fingerprint density at radius 2 is 1.50 bits per heavy atom. The lowest BCUT2D eigenvalue weighted by Gasteiger charge is -2.32. The van der Waals surface area contributed by atoms with Crippen LogP contribution in [0, 0.1) is 6.92 Å². The second-order valence-corrected chi connectivity index (χ2v) is 9.57. The van der Waals surface area contributed by atoms with E-state index in [2.05, 4.69) is 5.32 Å². The van der Waals surface area contributed by atoms with Gasteiger partial charge in [-0.05, 0) is 49.6 Å². The zero-order valence-corrected chi connectivity index (χ0v) is 21.2. The monoisotopic (exact) mass is 496 g/mol. The van der Waals surface area contributed by atoms with Gasteiger partial charge in [0, 0.05) is 29.1 Å². The van der Waals surface area contributed by atoms with Gasteiger partial charge in [0.25, 0.3) is 0 Å². The Hall–Kier alpha value is -2.82. The molecule has 0 spiro atoms. The van der Waals surface area contributed by atoms with Crippen LogP contribution in [-0.4, -0.2) is 28.8 Å². The SMILES string of the molecule is Cc1cccc(CN(C(=O)Cc2c(Cl)cccc2Cl)[C@@H](Cc2ccccc2)C(=O)NC(C)C)c1. The number of nitrogens with one attached hydrogen (secondary N) is 1. The third kappa shape index (κ3) is 7.09. The van der Waals surface area contributed by atoms with Gasteiger partial charge in [0.15, 0.2) is 0 Å². The molecule has 3 aromatic rings. The van der Waals surface area contributed by atoms with Crippen molar-refractivity contribution in [3.05, 3.63) is 105 Å². The number of aryl methyl sites for hydroxylation is 1. The molecule has 0 aromatic heterocycles. The maximum Gasteiger partial charge on any atom is 0.243 e. The van der Waals surface area contributed by atoms with Crippen LogP contribution in [0.15, 0.2) is 72.8 Å².